The first kappa shape index (κ1) is 8.26. The molecule has 1 aliphatic rings. The standard InChI is InChI=1S/C10H12N2O/c1-2-7-4-3-5-9-8(7)6-10(13)12(9)11/h3-5H,2,6,11H2,1H3. The van der Waals surface area contributed by atoms with Gasteiger partial charge in [-0.1, -0.05) is 19.1 Å². The minimum absolute atomic E-state index is 0.0177. The molecule has 0 atom stereocenters. The van der Waals surface area contributed by atoms with E-state index in [1.165, 1.54) is 10.6 Å². The van der Waals surface area contributed by atoms with Crippen molar-refractivity contribution in [2.24, 2.45) is 5.84 Å². The molecule has 0 radical (unpaired) electrons. The SMILES string of the molecule is CCc1cccc2c1CC(=O)N2N. The molecule has 0 fully saturated rings. The Hall–Kier alpha value is -1.35. The molecular formula is C10H12N2O. The van der Waals surface area contributed by atoms with Crippen molar-refractivity contribution >= 4 is 11.6 Å². The molecule has 0 unspecified atom stereocenters. The predicted molar refractivity (Wildman–Crippen MR) is 51.2 cm³/mol. The molecule has 2 N–H and O–H groups in total. The Bertz CT molecular complexity index is 360. The van der Waals surface area contributed by atoms with E-state index >= 15 is 0 Å². The van der Waals surface area contributed by atoms with Crippen molar-refractivity contribution in [2.45, 2.75) is 19.8 Å². The van der Waals surface area contributed by atoms with Gasteiger partial charge in [0.15, 0.2) is 0 Å². The van der Waals surface area contributed by atoms with Crippen LogP contribution in [0.5, 0.6) is 0 Å². The van der Waals surface area contributed by atoms with Gasteiger partial charge in [0, 0.05) is 0 Å². The van der Waals surface area contributed by atoms with Gasteiger partial charge in [-0.15, -0.1) is 0 Å². The van der Waals surface area contributed by atoms with Gasteiger partial charge >= 0.3 is 0 Å². The van der Waals surface area contributed by atoms with Gasteiger partial charge in [0.05, 0.1) is 12.1 Å². The van der Waals surface area contributed by atoms with Crippen molar-refractivity contribution in [3.8, 4) is 0 Å². The monoisotopic (exact) mass is 176 g/mol. The molecular weight excluding hydrogens is 164 g/mol. The van der Waals surface area contributed by atoms with E-state index in [-0.39, 0.29) is 5.91 Å². The highest BCUT2D eigenvalue weighted by molar-refractivity contribution is 6.00. The number of anilines is 1. The Morgan fingerprint density at radius 1 is 1.54 bits per heavy atom. The van der Waals surface area contributed by atoms with E-state index in [4.69, 9.17) is 5.84 Å². The van der Waals surface area contributed by atoms with Crippen molar-refractivity contribution < 1.29 is 4.79 Å². The second kappa shape index (κ2) is 2.85. The second-order valence-electron chi connectivity index (χ2n) is 3.21. The summed E-state index contributed by atoms with van der Waals surface area (Å²) >= 11 is 0. The van der Waals surface area contributed by atoms with Crippen molar-refractivity contribution in [2.75, 3.05) is 5.01 Å². The van der Waals surface area contributed by atoms with Gasteiger partial charge in [-0.2, -0.15) is 0 Å². The Balaban J connectivity index is 2.55. The number of hydrogen-bond acceptors (Lipinski definition) is 2. The third-order valence-corrected chi connectivity index (χ3v) is 2.49. The molecule has 0 spiro atoms. The zero-order valence-electron chi connectivity index (χ0n) is 7.58. The molecule has 3 nitrogen and oxygen atoms in total. The van der Waals surface area contributed by atoms with Crippen LogP contribution in [0.15, 0.2) is 18.2 Å². The molecule has 1 aromatic carbocycles. The van der Waals surface area contributed by atoms with Crippen molar-refractivity contribution in [3.05, 3.63) is 29.3 Å². The number of nitrogens with two attached hydrogens (primary N) is 1. The van der Waals surface area contributed by atoms with E-state index in [0.717, 1.165) is 17.7 Å². The van der Waals surface area contributed by atoms with Gasteiger partial charge in [-0.05, 0) is 23.6 Å². The Morgan fingerprint density at radius 2 is 2.31 bits per heavy atom. The lowest BCUT2D eigenvalue weighted by atomic mass is 10.0. The van der Waals surface area contributed by atoms with Crippen LogP contribution in [0.2, 0.25) is 0 Å². The minimum atomic E-state index is -0.0177. The fourth-order valence-corrected chi connectivity index (χ4v) is 1.75. The number of carbonyl (C=O) groups is 1. The highest BCUT2D eigenvalue weighted by atomic mass is 16.2. The van der Waals surface area contributed by atoms with Crippen LogP contribution >= 0.6 is 0 Å². The fraction of sp³-hybridized carbons (Fsp3) is 0.300. The van der Waals surface area contributed by atoms with E-state index in [1.54, 1.807) is 0 Å². The largest absolute Gasteiger partial charge is 0.273 e. The van der Waals surface area contributed by atoms with E-state index in [0.29, 0.717) is 6.42 Å². The summed E-state index contributed by atoms with van der Waals surface area (Å²) in [6.07, 6.45) is 1.40. The van der Waals surface area contributed by atoms with E-state index in [2.05, 4.69) is 6.92 Å². The molecule has 0 saturated carbocycles. The van der Waals surface area contributed by atoms with Crippen LogP contribution < -0.4 is 10.9 Å². The molecule has 1 heterocycles. The Morgan fingerprint density at radius 3 is 3.00 bits per heavy atom. The summed E-state index contributed by atoms with van der Waals surface area (Å²) in [5.41, 5.74) is 3.18. The van der Waals surface area contributed by atoms with Gasteiger partial charge in [0.2, 0.25) is 5.91 Å². The molecule has 0 aromatic heterocycles. The highest BCUT2D eigenvalue weighted by Gasteiger charge is 2.25. The molecule has 13 heavy (non-hydrogen) atoms. The first-order valence-electron chi connectivity index (χ1n) is 4.42. The van der Waals surface area contributed by atoms with E-state index in [9.17, 15) is 4.79 Å². The van der Waals surface area contributed by atoms with Gasteiger partial charge in [-0.25, -0.2) is 10.9 Å². The normalized spacial score (nSPS) is 14.9. The zero-order chi connectivity index (χ0) is 9.42. The number of hydrazine groups is 1. The van der Waals surface area contributed by atoms with Gasteiger partial charge in [0.25, 0.3) is 0 Å². The van der Waals surface area contributed by atoms with Crippen molar-refractivity contribution in [1.82, 2.24) is 0 Å². The summed E-state index contributed by atoms with van der Waals surface area (Å²) in [5, 5.41) is 1.24. The topological polar surface area (TPSA) is 46.3 Å². The fourth-order valence-electron chi connectivity index (χ4n) is 1.75. The predicted octanol–water partition coefficient (Wildman–Crippen LogP) is 1.01. The van der Waals surface area contributed by atoms with Crippen LogP contribution in [0.4, 0.5) is 5.69 Å². The molecule has 0 bridgehead atoms. The number of aryl methyl sites for hydroxylation is 1. The van der Waals surface area contributed by atoms with E-state index in [1.807, 2.05) is 18.2 Å². The number of amides is 1. The molecule has 0 saturated heterocycles. The first-order valence-corrected chi connectivity index (χ1v) is 4.42. The average Bonchev–Trinajstić information content (AvgIpc) is 2.43. The maximum atomic E-state index is 11.3. The van der Waals surface area contributed by atoms with Crippen LogP contribution in [0.1, 0.15) is 18.1 Å². The van der Waals surface area contributed by atoms with Crippen LogP contribution in [0.25, 0.3) is 0 Å². The van der Waals surface area contributed by atoms with Crippen LogP contribution in [-0.2, 0) is 17.6 Å². The molecule has 1 aliphatic heterocycles. The van der Waals surface area contributed by atoms with Crippen molar-refractivity contribution in [1.29, 1.82) is 0 Å². The summed E-state index contributed by atoms with van der Waals surface area (Å²) in [5.74, 6) is 5.58. The van der Waals surface area contributed by atoms with Crippen LogP contribution in [-0.4, -0.2) is 5.91 Å². The lowest BCUT2D eigenvalue weighted by molar-refractivity contribution is -0.117. The number of carbonyl (C=O) groups excluding carboxylic acids is 1. The third kappa shape index (κ3) is 1.12. The van der Waals surface area contributed by atoms with Crippen LogP contribution in [0.3, 0.4) is 0 Å². The van der Waals surface area contributed by atoms with Gasteiger partial charge < -0.3 is 0 Å². The first-order chi connectivity index (χ1) is 6.24. The molecule has 68 valence electrons. The summed E-state index contributed by atoms with van der Waals surface area (Å²) in [7, 11) is 0. The average molecular weight is 176 g/mol. The van der Waals surface area contributed by atoms with Gasteiger partial charge in [0.1, 0.15) is 0 Å². The van der Waals surface area contributed by atoms with Crippen LogP contribution in [0, 0.1) is 0 Å². The van der Waals surface area contributed by atoms with E-state index < -0.39 is 0 Å². The maximum absolute atomic E-state index is 11.3. The zero-order valence-corrected chi connectivity index (χ0v) is 7.58. The number of hydrogen-bond donors (Lipinski definition) is 1. The number of fused-ring (bicyclic) bond motifs is 1. The molecule has 1 amide bonds. The summed E-state index contributed by atoms with van der Waals surface area (Å²) in [6.45, 7) is 2.08. The Kier molecular flexibility index (Phi) is 1.81. The summed E-state index contributed by atoms with van der Waals surface area (Å²) < 4.78 is 0. The Labute approximate surface area is 77.1 Å². The summed E-state index contributed by atoms with van der Waals surface area (Å²) in [4.78, 5) is 11.3. The smallest absolute Gasteiger partial charge is 0.245 e. The quantitative estimate of drug-likeness (QED) is 0.512. The highest BCUT2D eigenvalue weighted by Crippen LogP contribution is 2.29. The number of rotatable bonds is 1. The lowest BCUT2D eigenvalue weighted by Gasteiger charge is -2.09. The molecule has 1 aromatic rings. The molecule has 3 heteroatoms. The lowest BCUT2D eigenvalue weighted by Crippen LogP contribution is -2.33. The summed E-state index contributed by atoms with van der Waals surface area (Å²) in [6, 6.07) is 5.88. The van der Waals surface area contributed by atoms with Crippen molar-refractivity contribution in [3.63, 3.8) is 0 Å². The maximum Gasteiger partial charge on any atom is 0.245 e. The second-order valence-corrected chi connectivity index (χ2v) is 3.21. The minimum Gasteiger partial charge on any atom is -0.273 e. The molecule has 0 aliphatic carbocycles. The third-order valence-electron chi connectivity index (χ3n) is 2.49. The molecule has 2 rings (SSSR count). The van der Waals surface area contributed by atoms with Gasteiger partial charge in [-0.3, -0.25) is 4.79 Å². The number of nitrogens with zero attached hydrogens (tertiary/aromatic N) is 1. The number of benzene rings is 1.